The molecule has 6 nitrogen and oxygen atoms in total. The Balaban J connectivity index is 1.63. The molecule has 2 bridgehead atoms. The Morgan fingerprint density at radius 1 is 1.00 bits per heavy atom. The van der Waals surface area contributed by atoms with E-state index in [1.54, 1.807) is 4.90 Å². The van der Waals surface area contributed by atoms with Crippen LogP contribution in [0.3, 0.4) is 0 Å². The molecule has 3 atom stereocenters. The Bertz CT molecular complexity index is 1270. The van der Waals surface area contributed by atoms with Crippen molar-refractivity contribution in [1.29, 1.82) is 0 Å². The van der Waals surface area contributed by atoms with Gasteiger partial charge in [-0.1, -0.05) is 54.1 Å². The van der Waals surface area contributed by atoms with Gasteiger partial charge in [0, 0.05) is 11.3 Å². The number of hydrogen-bond acceptors (Lipinski definition) is 3. The van der Waals surface area contributed by atoms with Crippen LogP contribution in [0.4, 0.5) is 16.2 Å². The number of aryl methyl sites for hydroxylation is 3. The van der Waals surface area contributed by atoms with Crippen molar-refractivity contribution >= 4 is 23.3 Å². The number of anilines is 2. The van der Waals surface area contributed by atoms with Crippen molar-refractivity contribution in [2.75, 3.05) is 10.2 Å². The monoisotopic (exact) mass is 441 g/mol. The minimum atomic E-state index is -1.23. The van der Waals surface area contributed by atoms with Crippen LogP contribution in [0.25, 0.3) is 0 Å². The number of urea groups is 1. The summed E-state index contributed by atoms with van der Waals surface area (Å²) >= 11 is 0. The smallest absolute Gasteiger partial charge is 0.325 e. The molecule has 6 heteroatoms. The van der Waals surface area contributed by atoms with Crippen molar-refractivity contribution in [2.24, 2.45) is 5.92 Å². The second-order valence-electron chi connectivity index (χ2n) is 9.03. The van der Waals surface area contributed by atoms with Crippen LogP contribution in [0.15, 0.2) is 66.7 Å². The average Bonchev–Trinajstić information content (AvgIpc) is 2.76. The first kappa shape index (κ1) is 21.1. The molecule has 2 aliphatic rings. The molecular formula is C27H27N3O3. The second-order valence-corrected chi connectivity index (χ2v) is 9.03. The number of para-hydroxylation sites is 2. The first-order valence-corrected chi connectivity index (χ1v) is 11.1. The average molecular weight is 442 g/mol. The third-order valence-corrected chi connectivity index (χ3v) is 6.69. The lowest BCUT2D eigenvalue weighted by Crippen LogP contribution is -2.72. The predicted octanol–water partition coefficient (Wildman–Crippen LogP) is 5.25. The van der Waals surface area contributed by atoms with E-state index in [1.807, 2.05) is 94.4 Å². The molecule has 3 amide bonds. The van der Waals surface area contributed by atoms with E-state index in [9.17, 15) is 9.59 Å². The molecule has 0 radical (unpaired) electrons. The largest absolute Gasteiger partial charge is 0.466 e. The summed E-state index contributed by atoms with van der Waals surface area (Å²) < 4.78 is 6.51. The van der Waals surface area contributed by atoms with Crippen LogP contribution in [0.2, 0.25) is 0 Å². The van der Waals surface area contributed by atoms with Crippen molar-refractivity contribution in [3.63, 3.8) is 0 Å². The number of hydrogen-bond donors (Lipinski definition) is 2. The number of nitrogens with one attached hydrogen (secondary N) is 2. The highest BCUT2D eigenvalue weighted by Crippen LogP contribution is 2.50. The predicted molar refractivity (Wildman–Crippen MR) is 128 cm³/mol. The van der Waals surface area contributed by atoms with E-state index in [2.05, 4.69) is 10.6 Å². The maximum atomic E-state index is 13.8. The van der Waals surface area contributed by atoms with E-state index in [0.29, 0.717) is 11.4 Å². The lowest BCUT2D eigenvalue weighted by molar-refractivity contribution is -0.131. The first-order chi connectivity index (χ1) is 15.8. The lowest BCUT2D eigenvalue weighted by atomic mass is 9.78. The minimum Gasteiger partial charge on any atom is -0.466 e. The van der Waals surface area contributed by atoms with E-state index in [4.69, 9.17) is 4.74 Å². The third-order valence-electron chi connectivity index (χ3n) is 6.69. The molecule has 2 heterocycles. The highest BCUT2D eigenvalue weighted by atomic mass is 16.5. The van der Waals surface area contributed by atoms with Crippen molar-refractivity contribution in [2.45, 2.75) is 39.5 Å². The normalized spacial score (nSPS) is 23.3. The Hall–Kier alpha value is -3.80. The number of ether oxygens (including phenoxy) is 1. The van der Waals surface area contributed by atoms with Gasteiger partial charge in [-0.25, -0.2) is 4.79 Å². The third kappa shape index (κ3) is 3.33. The Morgan fingerprint density at radius 2 is 1.73 bits per heavy atom. The van der Waals surface area contributed by atoms with Gasteiger partial charge in [0.2, 0.25) is 11.6 Å². The van der Waals surface area contributed by atoms with Gasteiger partial charge in [-0.05, 0) is 57.0 Å². The molecule has 0 spiro atoms. The van der Waals surface area contributed by atoms with E-state index >= 15 is 0 Å². The van der Waals surface area contributed by atoms with E-state index in [0.717, 1.165) is 27.9 Å². The summed E-state index contributed by atoms with van der Waals surface area (Å²) in [4.78, 5) is 28.8. The van der Waals surface area contributed by atoms with E-state index in [1.165, 1.54) is 0 Å². The Kier molecular flexibility index (Phi) is 4.89. The summed E-state index contributed by atoms with van der Waals surface area (Å²) in [6.07, 6.45) is 0. The molecule has 2 aliphatic heterocycles. The second kappa shape index (κ2) is 7.66. The highest BCUT2D eigenvalue weighted by Gasteiger charge is 2.60. The molecule has 3 aromatic rings. The number of fused-ring (bicyclic) bond motifs is 4. The zero-order valence-electron chi connectivity index (χ0n) is 19.2. The zero-order valence-corrected chi connectivity index (χ0v) is 19.2. The molecule has 1 saturated heterocycles. The molecule has 0 unspecified atom stereocenters. The zero-order chi connectivity index (χ0) is 23.3. The quantitative estimate of drug-likeness (QED) is 0.583. The summed E-state index contributed by atoms with van der Waals surface area (Å²) in [7, 11) is 0. The standard InChI is InChI=1S/C27H27N3O3/c1-16-13-14-20(18(3)15-16)28-25(31)23-24-19-10-6-8-12-22(19)33-27(23,4)30(26(32)29-24)21-11-7-5-9-17(21)2/h5-15,23-24H,1-4H3,(H,28,31)(H,29,32)/t23-,24-,27-/m0/s1. The number of benzene rings is 3. The summed E-state index contributed by atoms with van der Waals surface area (Å²) in [6, 6.07) is 20.3. The molecule has 0 saturated carbocycles. The van der Waals surface area contributed by atoms with Gasteiger partial charge >= 0.3 is 6.03 Å². The van der Waals surface area contributed by atoms with Crippen LogP contribution < -0.4 is 20.3 Å². The fourth-order valence-electron chi connectivity index (χ4n) is 5.07. The van der Waals surface area contributed by atoms with Crippen molar-refractivity contribution in [3.8, 4) is 5.75 Å². The van der Waals surface area contributed by atoms with Crippen molar-refractivity contribution in [3.05, 3.63) is 89.0 Å². The molecule has 1 fully saturated rings. The molecule has 2 N–H and O–H groups in total. The van der Waals surface area contributed by atoms with Gasteiger partial charge in [0.1, 0.15) is 11.7 Å². The summed E-state index contributed by atoms with van der Waals surface area (Å²) in [5.74, 6) is -0.230. The van der Waals surface area contributed by atoms with Gasteiger partial charge in [-0.15, -0.1) is 0 Å². The Morgan fingerprint density at radius 3 is 2.48 bits per heavy atom. The molecule has 5 rings (SSSR count). The van der Waals surface area contributed by atoms with Crippen LogP contribution in [0.1, 0.15) is 35.2 Å². The topological polar surface area (TPSA) is 70.7 Å². The van der Waals surface area contributed by atoms with Gasteiger partial charge in [0.15, 0.2) is 0 Å². The van der Waals surface area contributed by atoms with Gasteiger partial charge in [0.05, 0.1) is 11.7 Å². The fraction of sp³-hybridized carbons (Fsp3) is 0.259. The van der Waals surface area contributed by atoms with Crippen LogP contribution in [0, 0.1) is 26.7 Å². The van der Waals surface area contributed by atoms with Crippen LogP contribution in [-0.4, -0.2) is 17.7 Å². The fourth-order valence-corrected chi connectivity index (χ4v) is 5.07. The molecule has 3 aromatic carbocycles. The molecule has 0 aromatic heterocycles. The van der Waals surface area contributed by atoms with E-state index < -0.39 is 17.7 Å². The molecule has 0 aliphatic carbocycles. The van der Waals surface area contributed by atoms with Crippen molar-refractivity contribution < 1.29 is 14.3 Å². The summed E-state index contributed by atoms with van der Waals surface area (Å²) in [5, 5.41) is 6.19. The van der Waals surface area contributed by atoms with Gasteiger partial charge in [-0.2, -0.15) is 0 Å². The van der Waals surface area contributed by atoms with Crippen LogP contribution >= 0.6 is 0 Å². The number of amides is 3. The summed E-state index contributed by atoms with van der Waals surface area (Å²) in [5.41, 5.74) is 4.06. The van der Waals surface area contributed by atoms with Gasteiger partial charge in [0.25, 0.3) is 0 Å². The summed E-state index contributed by atoms with van der Waals surface area (Å²) in [6.45, 7) is 7.76. The van der Waals surface area contributed by atoms with Gasteiger partial charge < -0.3 is 15.4 Å². The molecular weight excluding hydrogens is 414 g/mol. The number of nitrogens with zero attached hydrogens (tertiary/aromatic N) is 1. The molecule has 33 heavy (non-hydrogen) atoms. The Labute approximate surface area is 193 Å². The number of carbonyl (C=O) groups is 2. The first-order valence-electron chi connectivity index (χ1n) is 11.1. The van der Waals surface area contributed by atoms with Crippen LogP contribution in [0.5, 0.6) is 5.75 Å². The van der Waals surface area contributed by atoms with Crippen LogP contribution in [-0.2, 0) is 4.79 Å². The SMILES string of the molecule is Cc1ccc(NC(=O)[C@@H]2[C@H]3NC(=O)N(c4ccccc4C)[C@@]2(C)Oc2ccccc23)c(C)c1. The lowest BCUT2D eigenvalue weighted by Gasteiger charge is -2.54. The maximum absolute atomic E-state index is 13.8. The highest BCUT2D eigenvalue weighted by molar-refractivity contribution is 6.02. The minimum absolute atomic E-state index is 0.206. The molecule has 168 valence electrons. The van der Waals surface area contributed by atoms with E-state index in [-0.39, 0.29) is 11.9 Å². The van der Waals surface area contributed by atoms with Gasteiger partial charge in [-0.3, -0.25) is 9.69 Å². The maximum Gasteiger partial charge on any atom is 0.325 e. The van der Waals surface area contributed by atoms with Crippen molar-refractivity contribution in [1.82, 2.24) is 5.32 Å². The number of carbonyl (C=O) groups excluding carboxylic acids is 2. The number of rotatable bonds is 3.